The second kappa shape index (κ2) is 6.02. The van der Waals surface area contributed by atoms with Gasteiger partial charge in [-0.25, -0.2) is 8.78 Å². The van der Waals surface area contributed by atoms with E-state index in [0.29, 0.717) is 5.56 Å². The summed E-state index contributed by atoms with van der Waals surface area (Å²) in [6, 6.07) is 5.56. The molecule has 0 aliphatic carbocycles. The zero-order valence-electron chi connectivity index (χ0n) is 12.1. The first-order valence-corrected chi connectivity index (χ1v) is 7.48. The number of hydrogen-bond donors (Lipinski definition) is 1. The fourth-order valence-corrected chi connectivity index (χ4v) is 3.50. The minimum Gasteiger partial charge on any atom is -0.304 e. The van der Waals surface area contributed by atoms with Gasteiger partial charge in [-0.3, -0.25) is 0 Å². The molecule has 1 N–H and O–H groups in total. The van der Waals surface area contributed by atoms with Crippen LogP contribution < -0.4 is 5.32 Å². The number of rotatable bonds is 4. The molecular weight excluding hydrogens is 276 g/mol. The summed E-state index contributed by atoms with van der Waals surface area (Å²) in [4.78, 5) is 2.52. The number of aryl methyl sites for hydroxylation is 2. The van der Waals surface area contributed by atoms with Gasteiger partial charge in [0.05, 0.1) is 0 Å². The van der Waals surface area contributed by atoms with Crippen molar-refractivity contribution in [1.82, 2.24) is 5.32 Å². The average Bonchev–Trinajstić information content (AvgIpc) is 2.71. The lowest BCUT2D eigenvalue weighted by molar-refractivity contribution is 0.469. The van der Waals surface area contributed by atoms with Crippen LogP contribution in [0.3, 0.4) is 0 Å². The third-order valence-corrected chi connectivity index (χ3v) is 4.45. The molecular formula is C16H19F2NS. The van der Waals surface area contributed by atoms with E-state index in [-0.39, 0.29) is 17.9 Å². The molecule has 0 saturated heterocycles. The van der Waals surface area contributed by atoms with Crippen LogP contribution in [0.4, 0.5) is 8.78 Å². The molecule has 108 valence electrons. The van der Waals surface area contributed by atoms with Crippen LogP contribution in [0.25, 0.3) is 0 Å². The molecule has 2 rings (SSSR count). The van der Waals surface area contributed by atoms with Crippen LogP contribution in [-0.4, -0.2) is 0 Å². The first-order valence-electron chi connectivity index (χ1n) is 6.66. The van der Waals surface area contributed by atoms with Gasteiger partial charge in [0.2, 0.25) is 0 Å². The van der Waals surface area contributed by atoms with Crippen LogP contribution in [-0.2, 0) is 0 Å². The van der Waals surface area contributed by atoms with E-state index in [1.54, 1.807) is 11.3 Å². The Morgan fingerprint density at radius 1 is 1.00 bits per heavy atom. The SMILES string of the molecule is Cc1cc(C(C)NC(C)c2cc(F)ccc2F)c(C)s1. The van der Waals surface area contributed by atoms with Gasteiger partial charge in [-0.2, -0.15) is 0 Å². The van der Waals surface area contributed by atoms with Gasteiger partial charge in [0.1, 0.15) is 11.6 Å². The summed E-state index contributed by atoms with van der Waals surface area (Å²) < 4.78 is 27.0. The number of hydrogen-bond acceptors (Lipinski definition) is 2. The summed E-state index contributed by atoms with van der Waals surface area (Å²) in [6.45, 7) is 8.05. The van der Waals surface area contributed by atoms with Crippen molar-refractivity contribution in [2.75, 3.05) is 0 Å². The van der Waals surface area contributed by atoms with Gasteiger partial charge in [0.25, 0.3) is 0 Å². The standard InChI is InChI=1S/C16H19F2NS/c1-9-7-14(12(4)20-9)10(2)19-11(3)15-8-13(17)5-6-16(15)18/h5-8,10-11,19H,1-4H3. The van der Waals surface area contributed by atoms with Crippen molar-refractivity contribution in [3.8, 4) is 0 Å². The van der Waals surface area contributed by atoms with Crippen molar-refractivity contribution >= 4 is 11.3 Å². The van der Waals surface area contributed by atoms with E-state index in [2.05, 4.69) is 25.2 Å². The number of nitrogens with one attached hydrogen (secondary N) is 1. The predicted molar refractivity (Wildman–Crippen MR) is 80.1 cm³/mol. The lowest BCUT2D eigenvalue weighted by Gasteiger charge is -2.21. The van der Waals surface area contributed by atoms with Crippen LogP contribution >= 0.6 is 11.3 Å². The van der Waals surface area contributed by atoms with Crippen LogP contribution in [0.2, 0.25) is 0 Å². The third-order valence-electron chi connectivity index (χ3n) is 3.47. The van der Waals surface area contributed by atoms with Gasteiger partial charge in [-0.1, -0.05) is 0 Å². The maximum absolute atomic E-state index is 13.8. The molecule has 0 spiro atoms. The molecule has 4 heteroatoms. The monoisotopic (exact) mass is 295 g/mol. The molecule has 0 radical (unpaired) electrons. The summed E-state index contributed by atoms with van der Waals surface area (Å²) in [5, 5.41) is 3.33. The molecule has 0 bridgehead atoms. The van der Waals surface area contributed by atoms with Crippen molar-refractivity contribution in [2.45, 2.75) is 39.8 Å². The van der Waals surface area contributed by atoms with Gasteiger partial charge in [0, 0.05) is 27.4 Å². The summed E-state index contributed by atoms with van der Waals surface area (Å²) >= 11 is 1.75. The summed E-state index contributed by atoms with van der Waals surface area (Å²) in [5.74, 6) is -0.790. The molecule has 1 heterocycles. The lowest BCUT2D eigenvalue weighted by Crippen LogP contribution is -2.23. The molecule has 1 aromatic heterocycles. The Balaban J connectivity index is 2.17. The molecule has 2 aromatic rings. The summed E-state index contributed by atoms with van der Waals surface area (Å²) in [6.07, 6.45) is 0. The van der Waals surface area contributed by atoms with Gasteiger partial charge >= 0.3 is 0 Å². The van der Waals surface area contributed by atoms with Gasteiger partial charge in [-0.05, 0) is 57.5 Å². The van der Waals surface area contributed by atoms with Crippen molar-refractivity contribution < 1.29 is 8.78 Å². The van der Waals surface area contributed by atoms with Crippen molar-refractivity contribution in [2.24, 2.45) is 0 Å². The maximum atomic E-state index is 13.8. The summed E-state index contributed by atoms with van der Waals surface area (Å²) in [7, 11) is 0. The third kappa shape index (κ3) is 3.25. The van der Waals surface area contributed by atoms with Gasteiger partial charge in [0.15, 0.2) is 0 Å². The van der Waals surface area contributed by atoms with E-state index in [9.17, 15) is 8.78 Å². The zero-order chi connectivity index (χ0) is 14.9. The fourth-order valence-electron chi connectivity index (χ4n) is 2.48. The topological polar surface area (TPSA) is 12.0 Å². The second-order valence-electron chi connectivity index (χ2n) is 5.14. The molecule has 0 aliphatic rings. The quantitative estimate of drug-likeness (QED) is 0.831. The molecule has 0 amide bonds. The Hall–Kier alpha value is -1.26. The highest BCUT2D eigenvalue weighted by molar-refractivity contribution is 7.12. The highest BCUT2D eigenvalue weighted by Crippen LogP contribution is 2.28. The van der Waals surface area contributed by atoms with Crippen molar-refractivity contribution in [3.63, 3.8) is 0 Å². The number of benzene rings is 1. The fraction of sp³-hybridized carbons (Fsp3) is 0.375. The lowest BCUT2D eigenvalue weighted by atomic mass is 10.0. The molecule has 2 atom stereocenters. The van der Waals surface area contributed by atoms with Crippen molar-refractivity contribution in [1.29, 1.82) is 0 Å². The van der Waals surface area contributed by atoms with Crippen molar-refractivity contribution in [3.05, 3.63) is 56.8 Å². The van der Waals surface area contributed by atoms with Crippen LogP contribution in [0.1, 0.15) is 46.8 Å². The Morgan fingerprint density at radius 3 is 2.25 bits per heavy atom. The minimum atomic E-state index is -0.412. The number of halogens is 2. The summed E-state index contributed by atoms with van der Waals surface area (Å²) in [5.41, 5.74) is 1.58. The molecule has 0 aliphatic heterocycles. The van der Waals surface area contributed by atoms with E-state index < -0.39 is 5.82 Å². The smallest absolute Gasteiger partial charge is 0.128 e. The normalized spacial score (nSPS) is 14.3. The van der Waals surface area contributed by atoms with E-state index in [1.807, 2.05) is 13.8 Å². The van der Waals surface area contributed by atoms with Crippen LogP contribution in [0.15, 0.2) is 24.3 Å². The Bertz CT molecular complexity index is 607. The predicted octanol–water partition coefficient (Wildman–Crippen LogP) is 5.05. The van der Waals surface area contributed by atoms with Crippen LogP contribution in [0.5, 0.6) is 0 Å². The molecule has 2 unspecified atom stereocenters. The van der Waals surface area contributed by atoms with E-state index in [4.69, 9.17) is 0 Å². The Kier molecular flexibility index (Phi) is 4.55. The first-order chi connectivity index (χ1) is 9.38. The molecule has 0 fully saturated rings. The molecule has 1 aromatic carbocycles. The first kappa shape index (κ1) is 15.1. The minimum absolute atomic E-state index is 0.0950. The largest absolute Gasteiger partial charge is 0.304 e. The molecule has 0 saturated carbocycles. The van der Waals surface area contributed by atoms with Gasteiger partial charge in [-0.15, -0.1) is 11.3 Å². The van der Waals surface area contributed by atoms with E-state index in [0.717, 1.165) is 6.07 Å². The van der Waals surface area contributed by atoms with Crippen LogP contribution in [0, 0.1) is 25.5 Å². The number of thiophene rings is 1. The Labute approximate surface area is 122 Å². The van der Waals surface area contributed by atoms with E-state index in [1.165, 1.54) is 27.5 Å². The van der Waals surface area contributed by atoms with E-state index >= 15 is 0 Å². The second-order valence-corrected chi connectivity index (χ2v) is 6.60. The maximum Gasteiger partial charge on any atom is 0.128 e. The highest BCUT2D eigenvalue weighted by Gasteiger charge is 2.17. The average molecular weight is 295 g/mol. The van der Waals surface area contributed by atoms with Gasteiger partial charge < -0.3 is 5.32 Å². The molecule has 1 nitrogen and oxygen atoms in total. The molecule has 20 heavy (non-hydrogen) atoms. The zero-order valence-corrected chi connectivity index (χ0v) is 12.9. The highest BCUT2D eigenvalue weighted by atomic mass is 32.1. The Morgan fingerprint density at radius 2 is 1.65 bits per heavy atom.